The molecular formula is C14H20N2O3S. The predicted octanol–water partition coefficient (Wildman–Crippen LogP) is 1.69. The van der Waals surface area contributed by atoms with Crippen molar-refractivity contribution in [1.29, 1.82) is 0 Å². The Kier molecular flexibility index (Phi) is 3.60. The minimum Gasteiger partial charge on any atom is -0.490 e. The molecule has 1 aromatic rings. The van der Waals surface area contributed by atoms with Crippen LogP contribution < -0.4 is 9.64 Å². The van der Waals surface area contributed by atoms with Gasteiger partial charge in [0, 0.05) is 20.1 Å². The summed E-state index contributed by atoms with van der Waals surface area (Å²) in [4.78, 5) is 2.41. The molecule has 110 valence electrons. The van der Waals surface area contributed by atoms with Crippen LogP contribution in [0.4, 0.5) is 5.69 Å². The summed E-state index contributed by atoms with van der Waals surface area (Å²) in [7, 11) is -1.41. The van der Waals surface area contributed by atoms with Gasteiger partial charge in [0.1, 0.15) is 12.4 Å². The van der Waals surface area contributed by atoms with Crippen molar-refractivity contribution >= 4 is 15.7 Å². The third-order valence-electron chi connectivity index (χ3n) is 3.98. The summed E-state index contributed by atoms with van der Waals surface area (Å²) < 4.78 is 32.4. The van der Waals surface area contributed by atoms with Gasteiger partial charge in [-0.25, -0.2) is 8.42 Å². The summed E-state index contributed by atoms with van der Waals surface area (Å²) in [6, 6.07) is 5.15. The molecule has 1 aromatic carbocycles. The fraction of sp³-hybridized carbons (Fsp3) is 0.571. The maximum atomic E-state index is 12.6. The van der Waals surface area contributed by atoms with E-state index in [1.54, 1.807) is 22.5 Å². The molecule has 0 bridgehead atoms. The smallest absolute Gasteiger partial charge is 0.243 e. The van der Waals surface area contributed by atoms with Crippen molar-refractivity contribution < 1.29 is 13.2 Å². The summed E-state index contributed by atoms with van der Waals surface area (Å²) in [5.41, 5.74) is 0.856. The highest BCUT2D eigenvalue weighted by molar-refractivity contribution is 7.89. The van der Waals surface area contributed by atoms with Crippen LogP contribution in [0, 0.1) is 0 Å². The lowest BCUT2D eigenvalue weighted by molar-refractivity contribution is 0.311. The van der Waals surface area contributed by atoms with E-state index in [-0.39, 0.29) is 0 Å². The van der Waals surface area contributed by atoms with Crippen LogP contribution in [0.2, 0.25) is 0 Å². The first-order valence-corrected chi connectivity index (χ1v) is 8.51. The SMILES string of the molecule is CN1CCOc2ccc(S(=O)(=O)N3CCCCC3)cc21. The molecular weight excluding hydrogens is 276 g/mol. The molecule has 0 radical (unpaired) electrons. The third kappa shape index (κ3) is 2.38. The zero-order valence-corrected chi connectivity index (χ0v) is 12.5. The van der Waals surface area contributed by atoms with Crippen molar-refractivity contribution in [2.45, 2.75) is 24.2 Å². The summed E-state index contributed by atoms with van der Waals surface area (Å²) in [5.74, 6) is 0.761. The highest BCUT2D eigenvalue weighted by Gasteiger charge is 2.27. The quantitative estimate of drug-likeness (QED) is 0.833. The molecule has 1 saturated heterocycles. The van der Waals surface area contributed by atoms with Crippen molar-refractivity contribution in [3.63, 3.8) is 0 Å². The minimum atomic E-state index is -3.37. The topological polar surface area (TPSA) is 49.9 Å². The molecule has 0 N–H and O–H groups in total. The Morgan fingerprint density at radius 2 is 1.85 bits per heavy atom. The number of piperidine rings is 1. The van der Waals surface area contributed by atoms with Gasteiger partial charge in [0.25, 0.3) is 0 Å². The second-order valence-electron chi connectivity index (χ2n) is 5.36. The van der Waals surface area contributed by atoms with Crippen molar-refractivity contribution in [1.82, 2.24) is 4.31 Å². The Hall–Kier alpha value is -1.27. The molecule has 0 saturated carbocycles. The first-order valence-electron chi connectivity index (χ1n) is 7.07. The van der Waals surface area contributed by atoms with Gasteiger partial charge in [0.2, 0.25) is 10.0 Å². The van der Waals surface area contributed by atoms with E-state index in [0.717, 1.165) is 37.2 Å². The molecule has 2 aliphatic rings. The number of rotatable bonds is 2. The Morgan fingerprint density at radius 1 is 1.10 bits per heavy atom. The number of likely N-dealkylation sites (N-methyl/N-ethyl adjacent to an activating group) is 1. The van der Waals surface area contributed by atoms with Gasteiger partial charge in [-0.2, -0.15) is 4.31 Å². The standard InChI is InChI=1S/C14H20N2O3S/c1-15-9-10-19-14-6-5-12(11-13(14)15)20(17,18)16-7-3-2-4-8-16/h5-6,11H,2-4,7-10H2,1H3. The van der Waals surface area contributed by atoms with Gasteiger partial charge < -0.3 is 9.64 Å². The molecule has 0 amide bonds. The maximum absolute atomic E-state index is 12.6. The van der Waals surface area contributed by atoms with Crippen LogP contribution in [0.15, 0.2) is 23.1 Å². The second-order valence-corrected chi connectivity index (χ2v) is 7.30. The highest BCUT2D eigenvalue weighted by atomic mass is 32.2. The van der Waals surface area contributed by atoms with Crippen molar-refractivity contribution in [3.8, 4) is 5.75 Å². The molecule has 0 aliphatic carbocycles. The number of fused-ring (bicyclic) bond motifs is 1. The van der Waals surface area contributed by atoms with Gasteiger partial charge in [-0.15, -0.1) is 0 Å². The summed E-state index contributed by atoms with van der Waals surface area (Å²) in [6.07, 6.45) is 3.02. The Bertz CT molecular complexity index is 594. The van der Waals surface area contributed by atoms with Crippen LogP contribution in [-0.2, 0) is 10.0 Å². The van der Waals surface area contributed by atoms with Crippen LogP contribution >= 0.6 is 0 Å². The van der Waals surface area contributed by atoms with Crippen LogP contribution in [-0.4, -0.2) is 46.0 Å². The van der Waals surface area contributed by atoms with Gasteiger partial charge >= 0.3 is 0 Å². The normalized spacial score (nSPS) is 20.4. The minimum absolute atomic E-state index is 0.371. The lowest BCUT2D eigenvalue weighted by Gasteiger charge is -2.29. The second kappa shape index (κ2) is 5.26. The molecule has 1 fully saturated rings. The summed E-state index contributed by atoms with van der Waals surface area (Å²) >= 11 is 0. The first kappa shape index (κ1) is 13.7. The first-order chi connectivity index (χ1) is 9.59. The summed E-state index contributed by atoms with van der Waals surface area (Å²) in [6.45, 7) is 2.68. The van der Waals surface area contributed by atoms with Gasteiger partial charge in [0.05, 0.1) is 17.1 Å². The molecule has 0 aromatic heterocycles. The largest absolute Gasteiger partial charge is 0.490 e. The number of benzene rings is 1. The van der Waals surface area contributed by atoms with E-state index < -0.39 is 10.0 Å². The lowest BCUT2D eigenvalue weighted by Crippen LogP contribution is -2.36. The molecule has 5 nitrogen and oxygen atoms in total. The molecule has 3 rings (SSSR count). The third-order valence-corrected chi connectivity index (χ3v) is 5.87. The van der Waals surface area contributed by atoms with E-state index in [0.29, 0.717) is 24.6 Å². The van der Waals surface area contributed by atoms with Crippen LogP contribution in [0.5, 0.6) is 5.75 Å². The lowest BCUT2D eigenvalue weighted by atomic mass is 10.2. The van der Waals surface area contributed by atoms with Crippen molar-refractivity contribution in [3.05, 3.63) is 18.2 Å². The fourth-order valence-corrected chi connectivity index (χ4v) is 4.28. The Labute approximate surface area is 120 Å². The van der Waals surface area contributed by atoms with Crippen LogP contribution in [0.1, 0.15) is 19.3 Å². The maximum Gasteiger partial charge on any atom is 0.243 e. The monoisotopic (exact) mass is 296 g/mol. The van der Waals surface area contributed by atoms with E-state index in [1.807, 2.05) is 11.9 Å². The van der Waals surface area contributed by atoms with E-state index in [4.69, 9.17) is 4.74 Å². The number of anilines is 1. The molecule has 20 heavy (non-hydrogen) atoms. The number of hydrogen-bond donors (Lipinski definition) is 0. The van der Waals surface area contributed by atoms with Gasteiger partial charge in [-0.3, -0.25) is 0 Å². The molecule has 0 atom stereocenters. The zero-order valence-electron chi connectivity index (χ0n) is 11.7. The zero-order chi connectivity index (χ0) is 14.2. The average Bonchev–Trinajstić information content (AvgIpc) is 2.48. The molecule has 6 heteroatoms. The van der Waals surface area contributed by atoms with E-state index in [2.05, 4.69) is 0 Å². The van der Waals surface area contributed by atoms with Crippen LogP contribution in [0.25, 0.3) is 0 Å². The van der Waals surface area contributed by atoms with E-state index >= 15 is 0 Å². The van der Waals surface area contributed by atoms with Gasteiger partial charge in [-0.1, -0.05) is 6.42 Å². The average molecular weight is 296 g/mol. The van der Waals surface area contributed by atoms with E-state index in [1.165, 1.54) is 0 Å². The Morgan fingerprint density at radius 3 is 2.60 bits per heavy atom. The number of nitrogens with zero attached hydrogens (tertiary/aromatic N) is 2. The molecule has 0 unspecified atom stereocenters. The fourth-order valence-electron chi connectivity index (χ4n) is 2.75. The number of ether oxygens (including phenoxy) is 1. The van der Waals surface area contributed by atoms with Gasteiger partial charge in [0.15, 0.2) is 0 Å². The predicted molar refractivity (Wildman–Crippen MR) is 77.8 cm³/mol. The molecule has 2 aliphatic heterocycles. The van der Waals surface area contributed by atoms with Crippen molar-refractivity contribution in [2.24, 2.45) is 0 Å². The molecule has 0 spiro atoms. The number of sulfonamides is 1. The number of hydrogen-bond acceptors (Lipinski definition) is 4. The van der Waals surface area contributed by atoms with Gasteiger partial charge in [-0.05, 0) is 31.0 Å². The highest BCUT2D eigenvalue weighted by Crippen LogP contribution is 2.34. The van der Waals surface area contributed by atoms with E-state index in [9.17, 15) is 8.42 Å². The summed E-state index contributed by atoms with van der Waals surface area (Å²) in [5, 5.41) is 0. The Balaban J connectivity index is 1.95. The molecule has 2 heterocycles. The van der Waals surface area contributed by atoms with Crippen molar-refractivity contribution in [2.75, 3.05) is 38.2 Å². The van der Waals surface area contributed by atoms with Crippen LogP contribution in [0.3, 0.4) is 0 Å².